The van der Waals surface area contributed by atoms with E-state index < -0.39 is 23.0 Å². The van der Waals surface area contributed by atoms with Crippen LogP contribution >= 0.6 is 0 Å². The third kappa shape index (κ3) is 2.48. The van der Waals surface area contributed by atoms with Crippen LogP contribution in [-0.2, 0) is 12.7 Å². The minimum Gasteiger partial charge on any atom is -0.300 e. The van der Waals surface area contributed by atoms with E-state index in [1.807, 2.05) is 0 Å². The molecule has 0 amide bonds. The molecule has 1 N–H and O–H groups in total. The predicted molar refractivity (Wildman–Crippen MR) is 46.6 cm³/mol. The van der Waals surface area contributed by atoms with Crippen LogP contribution in [0.1, 0.15) is 18.9 Å². The van der Waals surface area contributed by atoms with E-state index in [1.165, 1.54) is 0 Å². The summed E-state index contributed by atoms with van der Waals surface area (Å²) in [7, 11) is 0. The molecule has 4 nitrogen and oxygen atoms in total. The summed E-state index contributed by atoms with van der Waals surface area (Å²) in [4.78, 5) is 23.5. The van der Waals surface area contributed by atoms with E-state index >= 15 is 0 Å². The summed E-state index contributed by atoms with van der Waals surface area (Å²) in [6.45, 7) is 1.85. The van der Waals surface area contributed by atoms with Crippen LogP contribution in [0.25, 0.3) is 0 Å². The van der Waals surface area contributed by atoms with Crippen molar-refractivity contribution in [3.8, 4) is 0 Å². The second-order valence-electron chi connectivity index (χ2n) is 2.99. The molecule has 1 rings (SSSR count). The van der Waals surface area contributed by atoms with Crippen LogP contribution in [0.3, 0.4) is 0 Å². The van der Waals surface area contributed by atoms with Crippen LogP contribution in [0.2, 0.25) is 0 Å². The number of hydrogen-bond acceptors (Lipinski definition) is 2. The second kappa shape index (κ2) is 3.92. The highest BCUT2D eigenvalue weighted by Crippen LogP contribution is 2.25. The maximum absolute atomic E-state index is 12.3. The molecule has 0 spiro atoms. The lowest BCUT2D eigenvalue weighted by Crippen LogP contribution is -2.34. The molecule has 1 heterocycles. The summed E-state index contributed by atoms with van der Waals surface area (Å²) in [5, 5.41) is 0. The number of nitrogens with one attached hydrogen (secondary N) is 1. The van der Waals surface area contributed by atoms with Crippen LogP contribution in [-0.4, -0.2) is 9.55 Å². The molecule has 0 fully saturated rings. The first kappa shape index (κ1) is 11.5. The van der Waals surface area contributed by atoms with Crippen LogP contribution in [0.5, 0.6) is 0 Å². The average molecular weight is 222 g/mol. The van der Waals surface area contributed by atoms with Crippen molar-refractivity contribution < 1.29 is 13.2 Å². The first-order valence-corrected chi connectivity index (χ1v) is 4.27. The molecule has 15 heavy (non-hydrogen) atoms. The molecule has 0 radical (unpaired) electrons. The summed E-state index contributed by atoms with van der Waals surface area (Å²) in [6, 6.07) is 0. The molecule has 0 saturated heterocycles. The van der Waals surface area contributed by atoms with Gasteiger partial charge in [-0.3, -0.25) is 14.3 Å². The zero-order valence-corrected chi connectivity index (χ0v) is 7.89. The van der Waals surface area contributed by atoms with Crippen molar-refractivity contribution >= 4 is 0 Å². The molecule has 0 saturated carbocycles. The van der Waals surface area contributed by atoms with Crippen molar-refractivity contribution in [2.24, 2.45) is 0 Å². The van der Waals surface area contributed by atoms with E-state index in [9.17, 15) is 22.8 Å². The Balaban J connectivity index is 3.37. The summed E-state index contributed by atoms with van der Waals surface area (Å²) < 4.78 is 37.6. The van der Waals surface area contributed by atoms with Gasteiger partial charge in [-0.2, -0.15) is 13.2 Å². The number of hydrogen-bond donors (Lipinski definition) is 1. The Hall–Kier alpha value is -1.53. The van der Waals surface area contributed by atoms with E-state index in [2.05, 4.69) is 0 Å². The maximum atomic E-state index is 12.3. The molecule has 1 aromatic rings. The van der Waals surface area contributed by atoms with E-state index in [4.69, 9.17) is 0 Å². The summed E-state index contributed by atoms with van der Waals surface area (Å²) in [5.41, 5.74) is -3.58. The molecule has 0 aliphatic heterocycles. The van der Waals surface area contributed by atoms with Crippen molar-refractivity contribution in [3.05, 3.63) is 32.6 Å². The molecule has 0 unspecified atom stereocenters. The normalized spacial score (nSPS) is 11.7. The Morgan fingerprint density at radius 1 is 1.40 bits per heavy atom. The molecule has 0 aliphatic carbocycles. The van der Waals surface area contributed by atoms with Gasteiger partial charge in [0.15, 0.2) is 0 Å². The molecular formula is C8H9F3N2O2. The van der Waals surface area contributed by atoms with Gasteiger partial charge in [0.05, 0.1) is 0 Å². The standard InChI is InChI=1S/C8H9F3N2O2/c1-2-3-13-4-5(8(9,10)11)6(14)12-7(13)15/h4H,2-3H2,1H3,(H,12,14,15). The maximum Gasteiger partial charge on any atom is 0.423 e. The minimum absolute atomic E-state index is 0.138. The minimum atomic E-state index is -4.74. The Bertz CT molecular complexity index is 458. The quantitative estimate of drug-likeness (QED) is 0.810. The number of rotatable bonds is 2. The van der Waals surface area contributed by atoms with Crippen LogP contribution < -0.4 is 11.2 Å². The van der Waals surface area contributed by atoms with E-state index in [-0.39, 0.29) is 6.54 Å². The van der Waals surface area contributed by atoms with E-state index in [1.54, 1.807) is 11.9 Å². The van der Waals surface area contributed by atoms with Crippen LogP contribution in [0, 0.1) is 0 Å². The first-order valence-electron chi connectivity index (χ1n) is 4.27. The number of aryl methyl sites for hydroxylation is 1. The molecule has 0 aromatic carbocycles. The van der Waals surface area contributed by atoms with Gasteiger partial charge in [0.25, 0.3) is 5.56 Å². The van der Waals surface area contributed by atoms with Gasteiger partial charge in [0.1, 0.15) is 5.56 Å². The van der Waals surface area contributed by atoms with Gasteiger partial charge >= 0.3 is 11.9 Å². The fourth-order valence-corrected chi connectivity index (χ4v) is 1.12. The fourth-order valence-electron chi connectivity index (χ4n) is 1.12. The topological polar surface area (TPSA) is 54.9 Å². The van der Waals surface area contributed by atoms with Crippen molar-refractivity contribution in [1.82, 2.24) is 9.55 Å². The third-order valence-electron chi connectivity index (χ3n) is 1.78. The summed E-state index contributed by atoms with van der Waals surface area (Å²) in [6.07, 6.45) is -3.69. The Kier molecular flexibility index (Phi) is 3.01. The number of aromatic amines is 1. The van der Waals surface area contributed by atoms with Crippen molar-refractivity contribution in [2.45, 2.75) is 26.1 Å². The smallest absolute Gasteiger partial charge is 0.300 e. The van der Waals surface area contributed by atoms with Gasteiger partial charge in [-0.15, -0.1) is 0 Å². The fraction of sp³-hybridized carbons (Fsp3) is 0.500. The number of H-pyrrole nitrogens is 1. The van der Waals surface area contributed by atoms with Crippen LogP contribution in [0.15, 0.2) is 15.8 Å². The van der Waals surface area contributed by atoms with E-state index in [0.717, 1.165) is 4.57 Å². The highest BCUT2D eigenvalue weighted by Gasteiger charge is 2.34. The molecule has 0 atom stereocenters. The molecule has 84 valence electrons. The largest absolute Gasteiger partial charge is 0.423 e. The molecule has 7 heteroatoms. The van der Waals surface area contributed by atoms with Crippen molar-refractivity contribution in [1.29, 1.82) is 0 Å². The number of aromatic nitrogens is 2. The zero-order chi connectivity index (χ0) is 11.6. The van der Waals surface area contributed by atoms with Crippen LogP contribution in [0.4, 0.5) is 13.2 Å². The Labute approximate surface area is 82.4 Å². The van der Waals surface area contributed by atoms with Gasteiger partial charge in [-0.25, -0.2) is 4.79 Å². The van der Waals surface area contributed by atoms with E-state index in [0.29, 0.717) is 12.6 Å². The Morgan fingerprint density at radius 3 is 2.47 bits per heavy atom. The molecular weight excluding hydrogens is 213 g/mol. The van der Waals surface area contributed by atoms with Gasteiger partial charge < -0.3 is 0 Å². The van der Waals surface area contributed by atoms with Gasteiger partial charge in [0.2, 0.25) is 0 Å². The van der Waals surface area contributed by atoms with Gasteiger partial charge in [0, 0.05) is 12.7 Å². The third-order valence-corrected chi connectivity index (χ3v) is 1.78. The number of halogens is 3. The second-order valence-corrected chi connectivity index (χ2v) is 2.99. The molecule has 0 aliphatic rings. The molecule has 0 bridgehead atoms. The van der Waals surface area contributed by atoms with Crippen molar-refractivity contribution in [2.75, 3.05) is 0 Å². The predicted octanol–water partition coefficient (Wildman–Crippen LogP) is 0.965. The average Bonchev–Trinajstić information content (AvgIpc) is 2.07. The lowest BCUT2D eigenvalue weighted by Gasteiger charge is -2.08. The van der Waals surface area contributed by atoms with Gasteiger partial charge in [-0.05, 0) is 6.42 Å². The SMILES string of the molecule is CCCn1cc(C(F)(F)F)c(=O)[nH]c1=O. The lowest BCUT2D eigenvalue weighted by molar-refractivity contribution is -0.139. The zero-order valence-electron chi connectivity index (χ0n) is 7.89. The summed E-state index contributed by atoms with van der Waals surface area (Å²) >= 11 is 0. The number of nitrogens with zero attached hydrogens (tertiary/aromatic N) is 1. The lowest BCUT2D eigenvalue weighted by atomic mass is 10.3. The highest BCUT2D eigenvalue weighted by molar-refractivity contribution is 5.08. The molecule has 1 aromatic heterocycles. The Morgan fingerprint density at radius 2 is 2.00 bits per heavy atom. The van der Waals surface area contributed by atoms with Crippen molar-refractivity contribution in [3.63, 3.8) is 0 Å². The number of alkyl halides is 3. The highest BCUT2D eigenvalue weighted by atomic mass is 19.4. The van der Waals surface area contributed by atoms with Gasteiger partial charge in [-0.1, -0.05) is 6.92 Å². The summed E-state index contributed by atoms with van der Waals surface area (Å²) in [5.74, 6) is 0. The first-order chi connectivity index (χ1) is 6.86. The monoisotopic (exact) mass is 222 g/mol.